The van der Waals surface area contributed by atoms with Crippen LogP contribution >= 0.6 is 22.6 Å². The average Bonchev–Trinajstić information content (AvgIpc) is 2.30. The van der Waals surface area contributed by atoms with Gasteiger partial charge in [0.05, 0.1) is 0 Å². The second-order valence-electron chi connectivity index (χ2n) is 3.06. The first kappa shape index (κ1) is 10.8. The molecule has 0 bridgehead atoms. The number of rotatable bonds is 1. The van der Waals surface area contributed by atoms with Crippen molar-refractivity contribution in [1.29, 1.82) is 5.26 Å². The molecule has 0 spiro atoms. The zero-order valence-corrected chi connectivity index (χ0v) is 10.2. The molecular weight excluding hydrogens is 317 g/mol. The number of hydrogen-bond donors (Lipinski definition) is 0. The SMILES string of the molecule is N#Cn1nc(-c2ccccc2)c(=O)cc1I. The predicted molar refractivity (Wildman–Crippen MR) is 67.7 cm³/mol. The number of benzene rings is 1. The Hall–Kier alpha value is -1.68. The lowest BCUT2D eigenvalue weighted by atomic mass is 10.1. The van der Waals surface area contributed by atoms with Crippen molar-refractivity contribution in [2.75, 3.05) is 0 Å². The zero-order valence-electron chi connectivity index (χ0n) is 8.09. The molecule has 0 N–H and O–H groups in total. The molecule has 2 aromatic rings. The topological polar surface area (TPSA) is 58.7 Å². The highest BCUT2D eigenvalue weighted by Crippen LogP contribution is 2.12. The molecule has 5 heteroatoms. The van der Waals surface area contributed by atoms with Crippen molar-refractivity contribution >= 4 is 22.6 Å². The molecule has 0 radical (unpaired) electrons. The summed E-state index contributed by atoms with van der Waals surface area (Å²) in [6.07, 6.45) is 1.89. The van der Waals surface area contributed by atoms with Crippen LogP contribution in [-0.4, -0.2) is 9.78 Å². The fourth-order valence-electron chi connectivity index (χ4n) is 1.30. The van der Waals surface area contributed by atoms with Gasteiger partial charge in [-0.05, 0) is 22.6 Å². The highest BCUT2D eigenvalue weighted by atomic mass is 127. The predicted octanol–water partition coefficient (Wildman–Crippen LogP) is 1.84. The molecule has 1 heterocycles. The molecule has 4 nitrogen and oxygen atoms in total. The second-order valence-corrected chi connectivity index (χ2v) is 4.16. The lowest BCUT2D eigenvalue weighted by Gasteiger charge is -2.02. The monoisotopic (exact) mass is 323 g/mol. The van der Waals surface area contributed by atoms with E-state index in [0.717, 1.165) is 4.68 Å². The molecule has 0 amide bonds. The van der Waals surface area contributed by atoms with E-state index in [4.69, 9.17) is 5.26 Å². The maximum Gasteiger partial charge on any atom is 0.209 e. The van der Waals surface area contributed by atoms with E-state index in [1.165, 1.54) is 6.07 Å². The van der Waals surface area contributed by atoms with Crippen molar-refractivity contribution < 1.29 is 0 Å². The van der Waals surface area contributed by atoms with E-state index < -0.39 is 0 Å². The third-order valence-electron chi connectivity index (χ3n) is 2.03. The summed E-state index contributed by atoms with van der Waals surface area (Å²) in [6.45, 7) is 0. The quantitative estimate of drug-likeness (QED) is 0.753. The van der Waals surface area contributed by atoms with Crippen LogP contribution in [0.15, 0.2) is 41.2 Å². The Balaban J connectivity index is 2.68. The molecule has 0 saturated carbocycles. The summed E-state index contributed by atoms with van der Waals surface area (Å²) in [7, 11) is 0. The van der Waals surface area contributed by atoms with Gasteiger partial charge in [-0.15, -0.1) is 0 Å². The molecule has 0 atom stereocenters. The van der Waals surface area contributed by atoms with Crippen LogP contribution in [0.2, 0.25) is 0 Å². The van der Waals surface area contributed by atoms with Crippen LogP contribution in [0.25, 0.3) is 11.3 Å². The van der Waals surface area contributed by atoms with Crippen LogP contribution in [0.5, 0.6) is 0 Å². The fraction of sp³-hybridized carbons (Fsp3) is 0. The summed E-state index contributed by atoms with van der Waals surface area (Å²) in [5.41, 5.74) is 0.831. The molecule has 16 heavy (non-hydrogen) atoms. The van der Waals surface area contributed by atoms with Gasteiger partial charge < -0.3 is 0 Å². The standard InChI is InChI=1S/C11H6IN3O/c12-10-6-9(16)11(14-15(10)7-13)8-4-2-1-3-5-8/h1-6H. The first-order valence-electron chi connectivity index (χ1n) is 4.48. The van der Waals surface area contributed by atoms with Crippen molar-refractivity contribution in [2.24, 2.45) is 0 Å². The Morgan fingerprint density at radius 3 is 2.62 bits per heavy atom. The zero-order chi connectivity index (χ0) is 11.5. The van der Waals surface area contributed by atoms with E-state index in [2.05, 4.69) is 5.10 Å². The molecule has 0 aliphatic carbocycles. The fourth-order valence-corrected chi connectivity index (χ4v) is 1.80. The summed E-state index contributed by atoms with van der Waals surface area (Å²) in [5, 5.41) is 12.8. The third-order valence-corrected chi connectivity index (χ3v) is 2.80. The highest BCUT2D eigenvalue weighted by molar-refractivity contribution is 14.1. The number of hydrogen-bond acceptors (Lipinski definition) is 3. The second kappa shape index (κ2) is 4.45. The normalized spacial score (nSPS) is 9.75. The van der Waals surface area contributed by atoms with Gasteiger partial charge in [-0.25, -0.2) is 0 Å². The van der Waals surface area contributed by atoms with Crippen LogP contribution in [0.4, 0.5) is 0 Å². The van der Waals surface area contributed by atoms with Gasteiger partial charge in [0.2, 0.25) is 11.6 Å². The van der Waals surface area contributed by atoms with Gasteiger partial charge in [0.25, 0.3) is 0 Å². The van der Waals surface area contributed by atoms with Crippen LogP contribution < -0.4 is 5.43 Å². The van der Waals surface area contributed by atoms with Crippen molar-refractivity contribution in [3.8, 4) is 17.5 Å². The van der Waals surface area contributed by atoms with Crippen molar-refractivity contribution in [1.82, 2.24) is 9.78 Å². The van der Waals surface area contributed by atoms with E-state index in [1.54, 1.807) is 12.1 Å². The Kier molecular flexibility index (Phi) is 3.01. The highest BCUT2D eigenvalue weighted by Gasteiger charge is 2.07. The molecule has 78 valence electrons. The largest absolute Gasteiger partial charge is 0.287 e. The molecule has 0 unspecified atom stereocenters. The lowest BCUT2D eigenvalue weighted by Crippen LogP contribution is -2.14. The third kappa shape index (κ3) is 1.97. The van der Waals surface area contributed by atoms with Gasteiger partial charge >= 0.3 is 0 Å². The molecule has 2 rings (SSSR count). The van der Waals surface area contributed by atoms with Gasteiger partial charge in [0.15, 0.2) is 0 Å². The van der Waals surface area contributed by atoms with Crippen molar-refractivity contribution in [3.63, 3.8) is 0 Å². The van der Waals surface area contributed by atoms with E-state index >= 15 is 0 Å². The number of nitrogens with zero attached hydrogens (tertiary/aromatic N) is 3. The Morgan fingerprint density at radius 1 is 1.31 bits per heavy atom. The molecule has 0 fully saturated rings. The number of halogens is 1. The first-order chi connectivity index (χ1) is 7.72. The minimum Gasteiger partial charge on any atom is -0.287 e. The maximum atomic E-state index is 11.7. The molecule has 0 saturated heterocycles. The Labute approximate surface area is 105 Å². The van der Waals surface area contributed by atoms with E-state index in [-0.39, 0.29) is 5.43 Å². The summed E-state index contributed by atoms with van der Waals surface area (Å²) in [4.78, 5) is 11.7. The minimum atomic E-state index is -0.179. The summed E-state index contributed by atoms with van der Waals surface area (Å²) in [6, 6.07) is 10.5. The Bertz CT molecular complexity index is 613. The van der Waals surface area contributed by atoms with Crippen LogP contribution in [0.1, 0.15) is 0 Å². The van der Waals surface area contributed by atoms with Gasteiger partial charge in [0, 0.05) is 11.6 Å². The maximum absolute atomic E-state index is 11.7. The molecular formula is C11H6IN3O. The summed E-state index contributed by atoms with van der Waals surface area (Å²) >= 11 is 1.90. The van der Waals surface area contributed by atoms with E-state index in [9.17, 15) is 4.79 Å². The van der Waals surface area contributed by atoms with Crippen LogP contribution in [0.3, 0.4) is 0 Å². The molecule has 1 aromatic carbocycles. The van der Waals surface area contributed by atoms with Gasteiger partial charge in [-0.1, -0.05) is 30.3 Å². The van der Waals surface area contributed by atoms with Gasteiger partial charge in [-0.2, -0.15) is 15.0 Å². The smallest absolute Gasteiger partial charge is 0.209 e. The summed E-state index contributed by atoms with van der Waals surface area (Å²) < 4.78 is 1.63. The first-order valence-corrected chi connectivity index (χ1v) is 5.55. The lowest BCUT2D eigenvalue weighted by molar-refractivity contribution is 0.832. The van der Waals surface area contributed by atoms with Gasteiger partial charge in [-0.3, -0.25) is 4.79 Å². The number of nitriles is 1. The van der Waals surface area contributed by atoms with Gasteiger partial charge in [0.1, 0.15) is 9.39 Å². The average molecular weight is 323 g/mol. The van der Waals surface area contributed by atoms with Crippen molar-refractivity contribution in [2.45, 2.75) is 0 Å². The number of aromatic nitrogens is 2. The molecule has 1 aromatic heterocycles. The van der Waals surface area contributed by atoms with E-state index in [1.807, 2.05) is 47.0 Å². The van der Waals surface area contributed by atoms with Crippen LogP contribution in [-0.2, 0) is 0 Å². The Morgan fingerprint density at radius 2 is 2.00 bits per heavy atom. The minimum absolute atomic E-state index is 0.179. The van der Waals surface area contributed by atoms with E-state index in [0.29, 0.717) is 15.0 Å². The molecule has 0 aliphatic heterocycles. The summed E-state index contributed by atoms with van der Waals surface area (Å²) in [5.74, 6) is 0. The molecule has 0 aliphatic rings. The van der Waals surface area contributed by atoms with Crippen molar-refractivity contribution in [3.05, 3.63) is 50.3 Å². The van der Waals surface area contributed by atoms with Crippen LogP contribution in [0, 0.1) is 15.2 Å².